The lowest BCUT2D eigenvalue weighted by Gasteiger charge is -2.12. The first-order valence-electron chi connectivity index (χ1n) is 6.36. The molecule has 0 unspecified atom stereocenters. The van der Waals surface area contributed by atoms with E-state index in [1.807, 2.05) is 18.4 Å². The molecule has 2 rings (SSSR count). The molecule has 0 radical (unpaired) electrons. The van der Waals surface area contributed by atoms with E-state index in [4.69, 9.17) is 9.47 Å². The van der Waals surface area contributed by atoms with Crippen LogP contribution in [0.15, 0.2) is 35.4 Å². The normalized spacial score (nSPS) is 10.4. The molecule has 0 atom stereocenters. The summed E-state index contributed by atoms with van der Waals surface area (Å²) in [5.41, 5.74) is 1.33. The number of hydrogen-bond acceptors (Lipinski definition) is 6. The lowest BCUT2D eigenvalue weighted by Crippen LogP contribution is -2.11. The number of carbonyl (C=O) groups excluding carboxylic acids is 1. The van der Waals surface area contributed by atoms with E-state index in [-0.39, 0.29) is 12.6 Å². The third kappa shape index (κ3) is 3.95. The number of esters is 1. The summed E-state index contributed by atoms with van der Waals surface area (Å²) < 4.78 is 12.1. The van der Waals surface area contributed by atoms with Gasteiger partial charge in [0.05, 0.1) is 12.2 Å². The van der Waals surface area contributed by atoms with E-state index in [1.165, 1.54) is 4.09 Å². The van der Waals surface area contributed by atoms with Crippen molar-refractivity contribution in [3.63, 3.8) is 0 Å². The largest absolute Gasteiger partial charge is 0.472 e. The Morgan fingerprint density at radius 2 is 2.24 bits per heavy atom. The molecule has 0 fully saturated rings. The third-order valence-electron chi connectivity index (χ3n) is 2.76. The number of aromatic nitrogens is 2. The molecule has 1 heterocycles. The van der Waals surface area contributed by atoms with E-state index in [2.05, 4.69) is 17.9 Å². The molecule has 1 aromatic heterocycles. The second-order valence-electron chi connectivity index (χ2n) is 4.07. The smallest absolute Gasteiger partial charge is 0.338 e. The molecular weight excluding hydrogens is 308 g/mol. The van der Waals surface area contributed by atoms with E-state index in [0.29, 0.717) is 18.1 Å². The second-order valence-corrected chi connectivity index (χ2v) is 5.33. The maximum Gasteiger partial charge on any atom is 0.338 e. The summed E-state index contributed by atoms with van der Waals surface area (Å²) in [5.74, 6) is 0.113. The number of nitrogens with zero attached hydrogens (tertiary/aromatic N) is 2. The van der Waals surface area contributed by atoms with Crippen LogP contribution in [0.4, 0.5) is 0 Å². The van der Waals surface area contributed by atoms with Gasteiger partial charge in [0.15, 0.2) is 0 Å². The fraction of sp³-hybridized carbons (Fsp3) is 0.286. The minimum atomic E-state index is -0.341. The quantitative estimate of drug-likeness (QED) is 0.503. The Bertz CT molecular complexity index is 628. The van der Waals surface area contributed by atoms with Gasteiger partial charge >= 0.3 is 5.97 Å². The van der Waals surface area contributed by atoms with E-state index in [0.717, 1.165) is 10.5 Å². The van der Waals surface area contributed by atoms with Crippen LogP contribution in [-0.2, 0) is 11.3 Å². The van der Waals surface area contributed by atoms with E-state index in [9.17, 15) is 4.79 Å². The molecule has 0 amide bonds. The van der Waals surface area contributed by atoms with Gasteiger partial charge < -0.3 is 9.47 Å². The molecule has 5 nitrogen and oxygen atoms in total. The van der Waals surface area contributed by atoms with Gasteiger partial charge in [-0.1, -0.05) is 6.07 Å². The van der Waals surface area contributed by atoms with Gasteiger partial charge in [0.2, 0.25) is 5.88 Å². The highest BCUT2D eigenvalue weighted by Gasteiger charge is 2.16. The Morgan fingerprint density at radius 1 is 1.43 bits per heavy atom. The van der Waals surface area contributed by atoms with Crippen LogP contribution in [0.25, 0.3) is 0 Å². The first-order chi connectivity index (χ1) is 10.2. The first-order valence-corrected chi connectivity index (χ1v) is 7.99. The maximum atomic E-state index is 12.0. The lowest BCUT2D eigenvalue weighted by atomic mass is 10.1. The SMILES string of the molecule is CCOC(=O)c1cccc(SC)c1COc1ccn(S)n1. The Morgan fingerprint density at radius 3 is 2.86 bits per heavy atom. The Balaban J connectivity index is 2.24. The zero-order valence-electron chi connectivity index (χ0n) is 11.8. The lowest BCUT2D eigenvalue weighted by molar-refractivity contribution is 0.0523. The van der Waals surface area contributed by atoms with Crippen molar-refractivity contribution < 1.29 is 14.3 Å². The fourth-order valence-electron chi connectivity index (χ4n) is 1.83. The van der Waals surface area contributed by atoms with E-state index in [1.54, 1.807) is 37.0 Å². The van der Waals surface area contributed by atoms with E-state index < -0.39 is 0 Å². The van der Waals surface area contributed by atoms with Crippen LogP contribution >= 0.6 is 24.6 Å². The standard InChI is InChI=1S/C14H16N2O3S2/c1-3-18-14(17)10-5-4-6-12(21-2)11(10)9-19-13-7-8-16(20)15-13/h4-8,20H,3,9H2,1-2H3. The Hall–Kier alpha value is -1.60. The molecule has 112 valence electrons. The van der Waals surface area contributed by atoms with Gasteiger partial charge in [-0.3, -0.25) is 0 Å². The van der Waals surface area contributed by atoms with Crippen LogP contribution < -0.4 is 4.74 Å². The molecule has 0 spiro atoms. The van der Waals surface area contributed by atoms with Crippen LogP contribution in [0.1, 0.15) is 22.8 Å². The van der Waals surface area contributed by atoms with Gasteiger partial charge in [0.25, 0.3) is 0 Å². The number of carbonyl (C=O) groups is 1. The van der Waals surface area contributed by atoms with Crippen molar-refractivity contribution in [2.75, 3.05) is 12.9 Å². The molecule has 21 heavy (non-hydrogen) atoms. The van der Waals surface area contributed by atoms with Gasteiger partial charge in [-0.15, -0.1) is 16.9 Å². The highest BCUT2D eigenvalue weighted by molar-refractivity contribution is 7.98. The predicted octanol–water partition coefficient (Wildman–Crippen LogP) is 3.05. The molecule has 0 bridgehead atoms. The summed E-state index contributed by atoms with van der Waals surface area (Å²) in [4.78, 5) is 13.0. The molecule has 0 saturated carbocycles. The monoisotopic (exact) mass is 324 g/mol. The van der Waals surface area contributed by atoms with Gasteiger partial charge in [-0.25, -0.2) is 8.88 Å². The molecule has 0 aliphatic rings. The number of thioether (sulfide) groups is 1. The number of hydrogen-bond donors (Lipinski definition) is 1. The van der Waals surface area contributed by atoms with Crippen LogP contribution in [0.3, 0.4) is 0 Å². The topological polar surface area (TPSA) is 53.4 Å². The summed E-state index contributed by atoms with van der Waals surface area (Å²) in [7, 11) is 0. The second kappa shape index (κ2) is 7.42. The first kappa shape index (κ1) is 15.8. The van der Waals surface area contributed by atoms with Crippen LogP contribution in [0.5, 0.6) is 5.88 Å². The zero-order chi connectivity index (χ0) is 15.2. The summed E-state index contributed by atoms with van der Waals surface area (Å²) in [6.45, 7) is 2.37. The predicted molar refractivity (Wildman–Crippen MR) is 85.1 cm³/mol. The molecule has 0 aliphatic carbocycles. The van der Waals surface area contributed by atoms with Crippen LogP contribution in [-0.4, -0.2) is 28.0 Å². The molecular formula is C14H16N2O3S2. The number of thiol groups is 1. The molecule has 0 saturated heterocycles. The summed E-state index contributed by atoms with van der Waals surface area (Å²) >= 11 is 5.61. The molecule has 0 aliphatic heterocycles. The average molecular weight is 324 g/mol. The van der Waals surface area contributed by atoms with Crippen molar-refractivity contribution >= 4 is 30.5 Å². The van der Waals surface area contributed by atoms with Gasteiger partial charge in [-0.05, 0) is 38.1 Å². The van der Waals surface area contributed by atoms with Gasteiger partial charge in [0.1, 0.15) is 6.61 Å². The maximum absolute atomic E-state index is 12.0. The van der Waals surface area contributed by atoms with Crippen molar-refractivity contribution in [1.29, 1.82) is 0 Å². The summed E-state index contributed by atoms with van der Waals surface area (Å²) in [6, 6.07) is 7.24. The summed E-state index contributed by atoms with van der Waals surface area (Å²) in [5, 5.41) is 4.03. The number of ether oxygens (including phenoxy) is 2. The molecule has 0 N–H and O–H groups in total. The third-order valence-corrected chi connectivity index (χ3v) is 3.81. The van der Waals surface area contributed by atoms with Gasteiger partial charge in [0, 0.05) is 22.7 Å². The number of benzene rings is 1. The fourth-order valence-corrected chi connectivity index (χ4v) is 2.61. The van der Waals surface area contributed by atoms with Crippen molar-refractivity contribution in [2.24, 2.45) is 0 Å². The molecule has 1 aromatic carbocycles. The van der Waals surface area contributed by atoms with Crippen LogP contribution in [0, 0.1) is 0 Å². The highest BCUT2D eigenvalue weighted by atomic mass is 32.2. The Kier molecular flexibility index (Phi) is 5.58. The minimum absolute atomic E-state index is 0.246. The van der Waals surface area contributed by atoms with E-state index >= 15 is 0 Å². The average Bonchev–Trinajstić information content (AvgIpc) is 2.90. The number of rotatable bonds is 6. The van der Waals surface area contributed by atoms with Crippen LogP contribution in [0.2, 0.25) is 0 Å². The molecule has 2 aromatic rings. The minimum Gasteiger partial charge on any atom is -0.472 e. The van der Waals surface area contributed by atoms with Crippen molar-refractivity contribution in [2.45, 2.75) is 18.4 Å². The zero-order valence-corrected chi connectivity index (χ0v) is 13.5. The van der Waals surface area contributed by atoms with Crippen molar-refractivity contribution in [3.8, 4) is 5.88 Å². The van der Waals surface area contributed by atoms with Crippen molar-refractivity contribution in [3.05, 3.63) is 41.6 Å². The summed E-state index contributed by atoms with van der Waals surface area (Å²) in [6.07, 6.45) is 3.63. The van der Waals surface area contributed by atoms with Gasteiger partial charge in [-0.2, -0.15) is 0 Å². The highest BCUT2D eigenvalue weighted by Crippen LogP contribution is 2.25. The molecule has 7 heteroatoms. The van der Waals surface area contributed by atoms with Crippen molar-refractivity contribution in [1.82, 2.24) is 9.19 Å². The Labute approximate surface area is 133 Å².